The number of sulfonamides is 1. The number of ether oxygens (including phenoxy) is 1. The monoisotopic (exact) mass is 239 g/mol. The zero-order valence-corrected chi connectivity index (χ0v) is 8.59. The number of nitrogens with zero attached hydrogens (tertiary/aromatic N) is 1. The van der Waals surface area contributed by atoms with E-state index in [1.807, 2.05) is 0 Å². The van der Waals surface area contributed by atoms with Gasteiger partial charge in [0.15, 0.2) is 4.91 Å². The molecular weight excluding hydrogens is 234 g/mol. The molecule has 1 aliphatic rings. The highest BCUT2D eigenvalue weighted by molar-refractivity contribution is 7.95. The van der Waals surface area contributed by atoms with E-state index in [0.29, 0.717) is 0 Å². The summed E-state index contributed by atoms with van der Waals surface area (Å²) in [5.41, 5.74) is 0. The van der Waals surface area contributed by atoms with Gasteiger partial charge in [0.25, 0.3) is 10.0 Å². The lowest BCUT2D eigenvalue weighted by Gasteiger charge is -1.98. The smallest absolute Gasteiger partial charge is 0.351 e. The average Bonchev–Trinajstić information content (AvgIpc) is 2.22. The Morgan fingerprint density at radius 3 is 2.57 bits per heavy atom. The first-order valence-electron chi connectivity index (χ1n) is 3.51. The number of rotatable bonds is 2. The van der Waals surface area contributed by atoms with E-state index in [2.05, 4.69) is 4.40 Å². The van der Waals surface area contributed by atoms with E-state index >= 15 is 0 Å². The van der Waals surface area contributed by atoms with Gasteiger partial charge in [-0.1, -0.05) is 11.6 Å². The van der Waals surface area contributed by atoms with Gasteiger partial charge in [-0.3, -0.25) is 0 Å². The van der Waals surface area contributed by atoms with Crippen LogP contribution >= 0.6 is 11.6 Å². The summed E-state index contributed by atoms with van der Waals surface area (Å²) >= 11 is 5.47. The predicted octanol–water partition coefficient (Wildman–Crippen LogP) is 0.300. The van der Waals surface area contributed by atoms with E-state index in [4.69, 9.17) is 21.4 Å². The van der Waals surface area contributed by atoms with Gasteiger partial charge >= 0.3 is 5.97 Å². The summed E-state index contributed by atoms with van der Waals surface area (Å²) < 4.78 is 30.0. The van der Waals surface area contributed by atoms with Crippen molar-refractivity contribution in [2.24, 2.45) is 4.40 Å². The van der Waals surface area contributed by atoms with E-state index in [0.717, 1.165) is 0 Å². The summed E-state index contributed by atoms with van der Waals surface area (Å²) in [6, 6.07) is 0. The molecule has 0 atom stereocenters. The summed E-state index contributed by atoms with van der Waals surface area (Å²) in [6.45, 7) is 1.75. The molecule has 0 spiro atoms. The molecule has 8 heteroatoms. The minimum Gasteiger partial charge on any atom is -0.477 e. The quantitative estimate of drug-likeness (QED) is 0.748. The van der Waals surface area contributed by atoms with Crippen LogP contribution in [0.1, 0.15) is 6.92 Å². The summed E-state index contributed by atoms with van der Waals surface area (Å²) in [5, 5.41) is 8.07. The zero-order valence-electron chi connectivity index (χ0n) is 7.02. The van der Waals surface area contributed by atoms with Crippen molar-refractivity contribution in [1.29, 1.82) is 0 Å². The minimum absolute atomic E-state index is 0.150. The second-order valence-corrected chi connectivity index (χ2v) is 4.17. The van der Waals surface area contributed by atoms with E-state index in [1.165, 1.54) is 0 Å². The van der Waals surface area contributed by atoms with Crippen LogP contribution in [0.4, 0.5) is 0 Å². The summed E-state index contributed by atoms with van der Waals surface area (Å²) in [6.07, 6.45) is 0. The first-order valence-corrected chi connectivity index (χ1v) is 5.33. The first-order chi connectivity index (χ1) is 6.40. The van der Waals surface area contributed by atoms with Crippen LogP contribution in [0, 0.1) is 0 Å². The molecule has 0 amide bonds. The molecule has 0 unspecified atom stereocenters. The Morgan fingerprint density at radius 1 is 1.64 bits per heavy atom. The normalized spacial score (nSPS) is 19.4. The fourth-order valence-corrected chi connectivity index (χ4v) is 2.34. The maximum absolute atomic E-state index is 11.1. The van der Waals surface area contributed by atoms with Crippen LogP contribution in [0.25, 0.3) is 0 Å². The van der Waals surface area contributed by atoms with E-state index in [1.54, 1.807) is 6.92 Å². The average molecular weight is 240 g/mol. The van der Waals surface area contributed by atoms with Crippen molar-refractivity contribution in [3.05, 3.63) is 9.94 Å². The van der Waals surface area contributed by atoms with Gasteiger partial charge in [-0.25, -0.2) is 4.79 Å². The minimum atomic E-state index is -4.20. The van der Waals surface area contributed by atoms with Crippen LogP contribution in [0.15, 0.2) is 14.3 Å². The van der Waals surface area contributed by atoms with Crippen molar-refractivity contribution in [1.82, 2.24) is 0 Å². The molecule has 0 aromatic rings. The molecule has 0 aromatic carbocycles. The Balaban J connectivity index is 3.26. The Labute approximate surface area is 84.9 Å². The molecule has 1 N–H and O–H groups in total. The van der Waals surface area contributed by atoms with Crippen molar-refractivity contribution in [2.45, 2.75) is 6.92 Å². The highest BCUT2D eigenvalue weighted by atomic mass is 35.5. The van der Waals surface area contributed by atoms with Crippen LogP contribution in [0.2, 0.25) is 0 Å². The fourth-order valence-electron chi connectivity index (χ4n) is 0.836. The van der Waals surface area contributed by atoms with Gasteiger partial charge in [-0.2, -0.15) is 8.42 Å². The third-order valence-electron chi connectivity index (χ3n) is 1.32. The van der Waals surface area contributed by atoms with Crippen molar-refractivity contribution in [3.63, 3.8) is 0 Å². The van der Waals surface area contributed by atoms with Crippen LogP contribution in [-0.4, -0.2) is 32.0 Å². The lowest BCUT2D eigenvalue weighted by Crippen LogP contribution is -2.08. The third kappa shape index (κ3) is 1.73. The molecule has 0 bridgehead atoms. The fraction of sp³-hybridized carbons (Fsp3) is 0.333. The molecule has 0 saturated carbocycles. The van der Waals surface area contributed by atoms with Crippen LogP contribution in [-0.2, 0) is 19.6 Å². The zero-order chi connectivity index (χ0) is 10.9. The van der Waals surface area contributed by atoms with Gasteiger partial charge in [0.05, 0.1) is 6.61 Å². The van der Waals surface area contributed by atoms with Gasteiger partial charge < -0.3 is 9.84 Å². The topological polar surface area (TPSA) is 93.0 Å². The molecule has 1 aliphatic heterocycles. The number of halogens is 1. The molecule has 0 fully saturated rings. The van der Waals surface area contributed by atoms with Crippen LogP contribution < -0.4 is 0 Å². The maximum Gasteiger partial charge on any atom is 0.351 e. The van der Waals surface area contributed by atoms with Crippen molar-refractivity contribution < 1.29 is 23.1 Å². The number of hydrogen-bond donors (Lipinski definition) is 1. The molecule has 1 rings (SSSR count). The Hall–Kier alpha value is -1.08. The molecule has 0 aliphatic carbocycles. The second-order valence-electron chi connectivity index (χ2n) is 2.25. The second kappa shape index (κ2) is 3.58. The van der Waals surface area contributed by atoms with E-state index < -0.39 is 25.9 Å². The van der Waals surface area contributed by atoms with Crippen molar-refractivity contribution in [3.8, 4) is 0 Å². The van der Waals surface area contributed by atoms with E-state index in [-0.39, 0.29) is 12.5 Å². The lowest BCUT2D eigenvalue weighted by atomic mass is 10.5. The number of hydrogen-bond acceptors (Lipinski definition) is 4. The van der Waals surface area contributed by atoms with Crippen molar-refractivity contribution in [2.75, 3.05) is 6.61 Å². The molecule has 14 heavy (non-hydrogen) atoms. The molecule has 0 radical (unpaired) electrons. The summed E-state index contributed by atoms with van der Waals surface area (Å²) in [7, 11) is -4.20. The number of aliphatic carboxylic acids is 1. The molecule has 1 heterocycles. The number of carboxylic acid groups (broad SMARTS) is 1. The predicted molar refractivity (Wildman–Crippen MR) is 48.5 cm³/mol. The highest BCUT2D eigenvalue weighted by Gasteiger charge is 2.37. The molecule has 0 aromatic heterocycles. The first kappa shape index (κ1) is 11.0. The lowest BCUT2D eigenvalue weighted by molar-refractivity contribution is -0.131. The Kier molecular flexibility index (Phi) is 2.81. The van der Waals surface area contributed by atoms with Gasteiger partial charge in [-0.15, -0.1) is 4.40 Å². The molecule has 0 saturated heterocycles. The Morgan fingerprint density at radius 2 is 2.21 bits per heavy atom. The maximum atomic E-state index is 11.1. The summed E-state index contributed by atoms with van der Waals surface area (Å²) in [5.74, 6) is -2.01. The summed E-state index contributed by atoms with van der Waals surface area (Å²) in [4.78, 5) is 9.59. The van der Waals surface area contributed by atoms with Gasteiger partial charge in [-0.05, 0) is 6.92 Å². The highest BCUT2D eigenvalue weighted by Crippen LogP contribution is 2.27. The van der Waals surface area contributed by atoms with Crippen LogP contribution in [0.5, 0.6) is 0 Å². The molecule has 6 nitrogen and oxygen atoms in total. The SMILES string of the molecule is CCOC1=NS(=O)(=O)C(C(=O)O)=C1Cl. The van der Waals surface area contributed by atoms with Crippen LogP contribution in [0.3, 0.4) is 0 Å². The Bertz CT molecular complexity index is 435. The van der Waals surface area contributed by atoms with Gasteiger partial charge in [0, 0.05) is 0 Å². The number of carboxylic acids is 1. The number of carbonyl (C=O) groups is 1. The van der Waals surface area contributed by atoms with Gasteiger partial charge in [0.1, 0.15) is 5.03 Å². The third-order valence-corrected chi connectivity index (χ3v) is 3.09. The standard InChI is InChI=1S/C6H6ClNO5S/c1-2-13-5-3(7)4(6(9)10)14(11,12)8-5/h2H2,1H3,(H,9,10). The largest absolute Gasteiger partial charge is 0.477 e. The van der Waals surface area contributed by atoms with Gasteiger partial charge in [0.2, 0.25) is 5.90 Å². The van der Waals surface area contributed by atoms with E-state index in [9.17, 15) is 13.2 Å². The molecular formula is C6H6ClNO5S. The molecule has 78 valence electrons. The van der Waals surface area contributed by atoms with Crippen molar-refractivity contribution >= 4 is 33.5 Å².